The number of fused-ring (bicyclic) bond motifs is 2. The van der Waals surface area contributed by atoms with Crippen molar-refractivity contribution in [2.75, 3.05) is 7.05 Å². The second kappa shape index (κ2) is 4.64. The third kappa shape index (κ3) is 2.44. The molecule has 4 unspecified atom stereocenters. The molecule has 2 aliphatic rings. The Morgan fingerprint density at radius 1 is 1.12 bits per heavy atom. The molecule has 2 fully saturated rings. The summed E-state index contributed by atoms with van der Waals surface area (Å²) in [6.07, 6.45) is 2.23. The molecule has 0 aromatic carbocycles. The first-order valence-corrected chi connectivity index (χ1v) is 6.05. The molecule has 2 rings (SSSR count). The summed E-state index contributed by atoms with van der Waals surface area (Å²) in [6, 6.07) is 0.623. The van der Waals surface area contributed by atoms with Crippen molar-refractivity contribution in [1.29, 1.82) is 0 Å². The Labute approximate surface area is 101 Å². The van der Waals surface area contributed by atoms with Crippen molar-refractivity contribution in [3.05, 3.63) is 0 Å². The summed E-state index contributed by atoms with van der Waals surface area (Å²) in [4.78, 5) is 24.5. The zero-order valence-electron chi connectivity index (χ0n) is 10.5. The van der Waals surface area contributed by atoms with E-state index in [9.17, 15) is 9.59 Å². The standard InChI is InChI=1S/C12H19NO4/c1-7(14)16-11-6-9-4-5-10(13(9)3)12(11)17-8(2)15/h9-12H,4-6H2,1-3H3. The fourth-order valence-corrected chi connectivity index (χ4v) is 3.05. The van der Waals surface area contributed by atoms with Gasteiger partial charge in [-0.2, -0.15) is 0 Å². The highest BCUT2D eigenvalue weighted by molar-refractivity contribution is 5.67. The Morgan fingerprint density at radius 3 is 2.35 bits per heavy atom. The lowest BCUT2D eigenvalue weighted by molar-refractivity contribution is -0.176. The van der Waals surface area contributed by atoms with Crippen LogP contribution in [0.15, 0.2) is 0 Å². The molecule has 96 valence electrons. The average molecular weight is 241 g/mol. The van der Waals surface area contributed by atoms with Gasteiger partial charge in [-0.1, -0.05) is 0 Å². The molecule has 17 heavy (non-hydrogen) atoms. The number of carbonyl (C=O) groups excluding carboxylic acids is 2. The van der Waals surface area contributed by atoms with E-state index in [0.29, 0.717) is 6.04 Å². The van der Waals surface area contributed by atoms with E-state index in [1.807, 2.05) is 7.05 Å². The number of ether oxygens (including phenoxy) is 2. The third-order valence-electron chi connectivity index (χ3n) is 3.76. The van der Waals surface area contributed by atoms with Crippen LogP contribution < -0.4 is 0 Å². The largest absolute Gasteiger partial charge is 0.458 e. The number of piperidine rings is 1. The van der Waals surface area contributed by atoms with Gasteiger partial charge >= 0.3 is 11.9 Å². The summed E-state index contributed by atoms with van der Waals surface area (Å²) in [6.45, 7) is 2.79. The maximum Gasteiger partial charge on any atom is 0.303 e. The van der Waals surface area contributed by atoms with E-state index >= 15 is 0 Å². The van der Waals surface area contributed by atoms with Crippen molar-refractivity contribution in [2.24, 2.45) is 0 Å². The minimum atomic E-state index is -0.319. The van der Waals surface area contributed by atoms with Crippen LogP contribution in [0.4, 0.5) is 0 Å². The van der Waals surface area contributed by atoms with Crippen LogP contribution in [0.2, 0.25) is 0 Å². The second-order valence-corrected chi connectivity index (χ2v) is 4.92. The predicted molar refractivity (Wildman–Crippen MR) is 60.3 cm³/mol. The second-order valence-electron chi connectivity index (χ2n) is 4.92. The molecule has 2 aliphatic heterocycles. The van der Waals surface area contributed by atoms with Crippen LogP contribution in [0.25, 0.3) is 0 Å². The van der Waals surface area contributed by atoms with E-state index in [2.05, 4.69) is 4.90 Å². The Kier molecular flexibility index (Phi) is 3.38. The zero-order chi connectivity index (χ0) is 12.6. The topological polar surface area (TPSA) is 55.8 Å². The number of esters is 2. The molecule has 0 N–H and O–H groups in total. The van der Waals surface area contributed by atoms with E-state index in [-0.39, 0.29) is 30.2 Å². The van der Waals surface area contributed by atoms with Crippen LogP contribution in [0.1, 0.15) is 33.1 Å². The molecule has 4 atom stereocenters. The van der Waals surface area contributed by atoms with Gasteiger partial charge in [0.15, 0.2) is 6.10 Å². The summed E-state index contributed by atoms with van der Waals surface area (Å²) in [5.74, 6) is -0.623. The Hall–Kier alpha value is -1.10. The van der Waals surface area contributed by atoms with Gasteiger partial charge in [0, 0.05) is 26.3 Å². The summed E-state index contributed by atoms with van der Waals surface area (Å²) in [5, 5.41) is 0. The summed E-state index contributed by atoms with van der Waals surface area (Å²) in [7, 11) is 2.04. The minimum absolute atomic E-state index is 0.182. The maximum atomic E-state index is 11.1. The van der Waals surface area contributed by atoms with E-state index in [1.165, 1.54) is 13.8 Å². The number of carbonyl (C=O) groups is 2. The van der Waals surface area contributed by atoms with Crippen LogP contribution in [0, 0.1) is 0 Å². The normalized spacial score (nSPS) is 36.6. The molecule has 0 aliphatic carbocycles. The quantitative estimate of drug-likeness (QED) is 0.667. The van der Waals surface area contributed by atoms with Gasteiger partial charge in [-0.3, -0.25) is 14.5 Å². The van der Waals surface area contributed by atoms with Gasteiger partial charge in [-0.25, -0.2) is 0 Å². The Morgan fingerprint density at radius 2 is 1.76 bits per heavy atom. The van der Waals surface area contributed by atoms with Crippen LogP contribution in [-0.4, -0.2) is 48.2 Å². The summed E-state index contributed by atoms with van der Waals surface area (Å²) >= 11 is 0. The Bertz CT molecular complexity index is 330. The molecule has 2 saturated heterocycles. The number of hydrogen-bond donors (Lipinski definition) is 0. The van der Waals surface area contributed by atoms with Crippen LogP contribution in [0.5, 0.6) is 0 Å². The fraction of sp³-hybridized carbons (Fsp3) is 0.833. The number of likely N-dealkylation sites (N-methyl/N-ethyl adjacent to an activating group) is 1. The predicted octanol–water partition coefficient (Wildman–Crippen LogP) is 0.716. The van der Waals surface area contributed by atoms with Gasteiger partial charge in [0.1, 0.15) is 6.10 Å². The molecule has 0 aromatic heterocycles. The molecule has 2 bridgehead atoms. The van der Waals surface area contributed by atoms with E-state index in [1.54, 1.807) is 0 Å². The zero-order valence-corrected chi connectivity index (χ0v) is 10.5. The monoisotopic (exact) mass is 241 g/mol. The first kappa shape index (κ1) is 12.4. The van der Waals surface area contributed by atoms with Gasteiger partial charge in [0.05, 0.1) is 6.04 Å². The van der Waals surface area contributed by atoms with Crippen molar-refractivity contribution in [1.82, 2.24) is 4.90 Å². The highest BCUT2D eigenvalue weighted by atomic mass is 16.6. The first-order chi connectivity index (χ1) is 7.99. The van der Waals surface area contributed by atoms with Crippen LogP contribution >= 0.6 is 0 Å². The smallest absolute Gasteiger partial charge is 0.303 e. The van der Waals surface area contributed by atoms with Gasteiger partial charge in [-0.15, -0.1) is 0 Å². The van der Waals surface area contributed by atoms with E-state index in [0.717, 1.165) is 19.3 Å². The molecule has 0 saturated carbocycles. The van der Waals surface area contributed by atoms with Crippen LogP contribution in [-0.2, 0) is 19.1 Å². The van der Waals surface area contributed by atoms with Gasteiger partial charge < -0.3 is 9.47 Å². The number of hydrogen-bond acceptors (Lipinski definition) is 5. The first-order valence-electron chi connectivity index (χ1n) is 6.05. The molecular formula is C12H19NO4. The van der Waals surface area contributed by atoms with Crippen molar-refractivity contribution < 1.29 is 19.1 Å². The molecule has 0 amide bonds. The van der Waals surface area contributed by atoms with Gasteiger partial charge in [-0.05, 0) is 19.9 Å². The molecular weight excluding hydrogens is 222 g/mol. The van der Waals surface area contributed by atoms with Crippen LogP contribution in [0.3, 0.4) is 0 Å². The minimum Gasteiger partial charge on any atom is -0.458 e. The highest BCUT2D eigenvalue weighted by Gasteiger charge is 2.48. The van der Waals surface area contributed by atoms with Crippen molar-refractivity contribution >= 4 is 11.9 Å². The summed E-state index contributed by atoms with van der Waals surface area (Å²) in [5.41, 5.74) is 0. The van der Waals surface area contributed by atoms with Gasteiger partial charge in [0.2, 0.25) is 0 Å². The fourth-order valence-electron chi connectivity index (χ4n) is 3.05. The van der Waals surface area contributed by atoms with E-state index < -0.39 is 0 Å². The lowest BCUT2D eigenvalue weighted by Crippen LogP contribution is -2.55. The maximum absolute atomic E-state index is 11.1. The molecule has 0 radical (unpaired) electrons. The highest BCUT2D eigenvalue weighted by Crippen LogP contribution is 2.37. The molecule has 5 nitrogen and oxygen atoms in total. The summed E-state index contributed by atoms with van der Waals surface area (Å²) < 4.78 is 10.6. The molecule has 0 spiro atoms. The Balaban J connectivity index is 2.13. The third-order valence-corrected chi connectivity index (χ3v) is 3.76. The lowest BCUT2D eigenvalue weighted by Gasteiger charge is -2.41. The lowest BCUT2D eigenvalue weighted by atomic mass is 9.97. The van der Waals surface area contributed by atoms with Crippen molar-refractivity contribution in [2.45, 2.75) is 57.4 Å². The molecule has 5 heteroatoms. The number of rotatable bonds is 2. The average Bonchev–Trinajstić information content (AvgIpc) is 2.44. The number of nitrogens with zero attached hydrogens (tertiary/aromatic N) is 1. The van der Waals surface area contributed by atoms with E-state index in [4.69, 9.17) is 9.47 Å². The molecule has 0 aromatic rings. The SMILES string of the molecule is CC(=O)OC1CC2CCC(C1OC(C)=O)N2C. The van der Waals surface area contributed by atoms with Crippen molar-refractivity contribution in [3.63, 3.8) is 0 Å². The van der Waals surface area contributed by atoms with Crippen molar-refractivity contribution in [3.8, 4) is 0 Å². The molecule has 2 heterocycles. The van der Waals surface area contributed by atoms with Gasteiger partial charge in [0.25, 0.3) is 0 Å².